The Bertz CT molecular complexity index is 1170. The molecule has 1 aromatic heterocycles. The van der Waals surface area contributed by atoms with E-state index in [-0.39, 0.29) is 16.6 Å². The molecule has 1 amide bonds. The summed E-state index contributed by atoms with van der Waals surface area (Å²) in [5, 5.41) is 17.1. The first-order chi connectivity index (χ1) is 15.2. The minimum atomic E-state index is -3.78. The highest BCUT2D eigenvalue weighted by molar-refractivity contribution is 7.99. The molecule has 170 valence electrons. The first-order valence-electron chi connectivity index (χ1n) is 9.80. The van der Waals surface area contributed by atoms with Gasteiger partial charge < -0.3 is 14.6 Å². The molecule has 0 saturated heterocycles. The molecule has 0 radical (unpaired) electrons. The van der Waals surface area contributed by atoms with Gasteiger partial charge in [0.1, 0.15) is 5.75 Å². The molecular formula is C21H25N5O4S2. The number of ether oxygens (including phenoxy) is 1. The number of hydrogen-bond donors (Lipinski definition) is 2. The third-order valence-electron chi connectivity index (χ3n) is 4.41. The Morgan fingerprint density at radius 1 is 1.12 bits per heavy atom. The fourth-order valence-corrected chi connectivity index (χ4v) is 4.20. The first-order valence-corrected chi connectivity index (χ1v) is 12.3. The zero-order valence-corrected chi connectivity index (χ0v) is 19.6. The van der Waals surface area contributed by atoms with Crippen LogP contribution in [0.5, 0.6) is 5.75 Å². The molecule has 0 spiro atoms. The van der Waals surface area contributed by atoms with Crippen LogP contribution in [-0.4, -0.2) is 42.0 Å². The lowest BCUT2D eigenvalue weighted by atomic mass is 10.2. The molecule has 0 saturated carbocycles. The van der Waals surface area contributed by atoms with Crippen molar-refractivity contribution in [2.24, 2.45) is 11.1 Å². The average Bonchev–Trinajstić information content (AvgIpc) is 3.14. The van der Waals surface area contributed by atoms with Crippen LogP contribution in [0, 0.1) is 5.92 Å². The number of carbonyl (C=O) groups is 1. The van der Waals surface area contributed by atoms with Gasteiger partial charge in [-0.1, -0.05) is 25.6 Å². The third kappa shape index (κ3) is 6.09. The van der Waals surface area contributed by atoms with Gasteiger partial charge in [0.15, 0.2) is 11.0 Å². The minimum absolute atomic E-state index is 0.0160. The van der Waals surface area contributed by atoms with Gasteiger partial charge >= 0.3 is 0 Å². The summed E-state index contributed by atoms with van der Waals surface area (Å²) in [5.74, 6) is 1.71. The molecule has 3 N–H and O–H groups in total. The van der Waals surface area contributed by atoms with Gasteiger partial charge in [0.2, 0.25) is 15.9 Å². The zero-order chi connectivity index (χ0) is 23.3. The van der Waals surface area contributed by atoms with Gasteiger partial charge in [-0.3, -0.25) is 4.79 Å². The second-order valence-corrected chi connectivity index (χ2v) is 9.95. The van der Waals surface area contributed by atoms with Crippen molar-refractivity contribution in [3.05, 3.63) is 48.5 Å². The fourth-order valence-electron chi connectivity index (χ4n) is 2.93. The van der Waals surface area contributed by atoms with Gasteiger partial charge in [-0.15, -0.1) is 10.2 Å². The smallest absolute Gasteiger partial charge is 0.238 e. The molecule has 0 atom stereocenters. The van der Waals surface area contributed by atoms with Crippen LogP contribution in [0.4, 0.5) is 5.69 Å². The highest BCUT2D eigenvalue weighted by Gasteiger charge is 2.17. The van der Waals surface area contributed by atoms with Gasteiger partial charge in [-0.25, -0.2) is 13.6 Å². The Morgan fingerprint density at radius 3 is 2.34 bits per heavy atom. The number of carbonyl (C=O) groups excluding carboxylic acids is 1. The van der Waals surface area contributed by atoms with Gasteiger partial charge in [-0.2, -0.15) is 0 Å². The van der Waals surface area contributed by atoms with Crippen molar-refractivity contribution in [2.75, 3.05) is 18.2 Å². The topological polar surface area (TPSA) is 129 Å². The van der Waals surface area contributed by atoms with Gasteiger partial charge in [0.05, 0.1) is 17.8 Å². The first kappa shape index (κ1) is 23.8. The number of thioether (sulfide) groups is 1. The van der Waals surface area contributed by atoms with Crippen LogP contribution >= 0.6 is 11.8 Å². The Labute approximate surface area is 191 Å². The number of rotatable bonds is 9. The Hall–Kier alpha value is -2.89. The van der Waals surface area contributed by atoms with Crippen LogP contribution in [0.1, 0.15) is 13.8 Å². The number of nitrogens with one attached hydrogen (secondary N) is 1. The van der Waals surface area contributed by atoms with Crippen molar-refractivity contribution in [3.8, 4) is 17.1 Å². The molecular weight excluding hydrogens is 450 g/mol. The fraction of sp³-hybridized carbons (Fsp3) is 0.286. The predicted molar refractivity (Wildman–Crippen MR) is 124 cm³/mol. The second kappa shape index (κ2) is 10.2. The summed E-state index contributed by atoms with van der Waals surface area (Å²) in [6, 6.07) is 13.3. The van der Waals surface area contributed by atoms with E-state index in [9.17, 15) is 13.2 Å². The van der Waals surface area contributed by atoms with E-state index in [1.54, 1.807) is 7.11 Å². The number of benzene rings is 2. The Balaban J connectivity index is 1.71. The minimum Gasteiger partial charge on any atom is -0.497 e. The summed E-state index contributed by atoms with van der Waals surface area (Å²) in [6.07, 6.45) is 0. The molecule has 0 unspecified atom stereocenters. The number of anilines is 1. The number of hydrogen-bond acceptors (Lipinski definition) is 7. The summed E-state index contributed by atoms with van der Waals surface area (Å²) in [7, 11) is -2.16. The van der Waals surface area contributed by atoms with Crippen LogP contribution in [0.2, 0.25) is 0 Å². The third-order valence-corrected chi connectivity index (χ3v) is 6.31. The standard InChI is InChI=1S/C21H25N5O4S2/c1-14(2)12-26-20(15-4-8-17(30-3)9-5-15)24-25-21(26)31-13-19(27)23-16-6-10-18(11-7-16)32(22,28)29/h4-11,14H,12-13H2,1-3H3,(H,23,27)(H2,22,28,29). The summed E-state index contributed by atoms with van der Waals surface area (Å²) in [5.41, 5.74) is 1.38. The van der Waals surface area contributed by atoms with Crippen LogP contribution in [0.25, 0.3) is 11.4 Å². The van der Waals surface area contributed by atoms with Crippen molar-refractivity contribution < 1.29 is 17.9 Å². The molecule has 11 heteroatoms. The largest absolute Gasteiger partial charge is 0.497 e. The van der Waals surface area contributed by atoms with E-state index < -0.39 is 10.0 Å². The van der Waals surface area contributed by atoms with E-state index >= 15 is 0 Å². The predicted octanol–water partition coefficient (Wildman–Crippen LogP) is 2.99. The number of aromatic nitrogens is 3. The maximum absolute atomic E-state index is 12.4. The summed E-state index contributed by atoms with van der Waals surface area (Å²) in [6.45, 7) is 4.90. The Kier molecular flexibility index (Phi) is 7.54. The molecule has 0 aliphatic heterocycles. The van der Waals surface area contributed by atoms with E-state index in [4.69, 9.17) is 9.88 Å². The van der Waals surface area contributed by atoms with Crippen molar-refractivity contribution in [2.45, 2.75) is 30.4 Å². The molecule has 3 rings (SSSR count). The van der Waals surface area contributed by atoms with Crippen LogP contribution in [0.15, 0.2) is 58.6 Å². The molecule has 1 heterocycles. The summed E-state index contributed by atoms with van der Waals surface area (Å²) >= 11 is 1.28. The lowest BCUT2D eigenvalue weighted by Crippen LogP contribution is -2.16. The molecule has 2 aromatic carbocycles. The number of primary sulfonamides is 1. The number of nitrogens with two attached hydrogens (primary N) is 1. The maximum atomic E-state index is 12.4. The van der Waals surface area contributed by atoms with Gasteiger partial charge in [-0.05, 0) is 54.4 Å². The molecule has 0 aliphatic carbocycles. The SMILES string of the molecule is COc1ccc(-c2nnc(SCC(=O)Nc3ccc(S(N)(=O)=O)cc3)n2CC(C)C)cc1. The quantitative estimate of drug-likeness (QED) is 0.455. The van der Waals surface area contributed by atoms with Crippen molar-refractivity contribution in [3.63, 3.8) is 0 Å². The highest BCUT2D eigenvalue weighted by atomic mass is 32.2. The van der Waals surface area contributed by atoms with E-state index in [2.05, 4.69) is 29.4 Å². The van der Waals surface area contributed by atoms with Crippen molar-refractivity contribution in [1.29, 1.82) is 0 Å². The molecule has 3 aromatic rings. The van der Waals surface area contributed by atoms with E-state index in [1.165, 1.54) is 36.0 Å². The molecule has 9 nitrogen and oxygen atoms in total. The molecule has 0 fully saturated rings. The van der Waals surface area contributed by atoms with Crippen molar-refractivity contribution in [1.82, 2.24) is 14.8 Å². The Morgan fingerprint density at radius 2 is 1.78 bits per heavy atom. The maximum Gasteiger partial charge on any atom is 0.238 e. The lowest BCUT2D eigenvalue weighted by Gasteiger charge is -2.13. The number of methoxy groups -OCH3 is 1. The van der Waals surface area contributed by atoms with Crippen LogP contribution < -0.4 is 15.2 Å². The molecule has 32 heavy (non-hydrogen) atoms. The van der Waals surface area contributed by atoms with Crippen LogP contribution in [-0.2, 0) is 21.4 Å². The van der Waals surface area contributed by atoms with E-state index in [0.29, 0.717) is 23.3 Å². The van der Waals surface area contributed by atoms with E-state index in [1.807, 2.05) is 28.8 Å². The van der Waals surface area contributed by atoms with Crippen molar-refractivity contribution >= 4 is 33.4 Å². The van der Waals surface area contributed by atoms with E-state index in [0.717, 1.165) is 17.1 Å². The normalized spacial score (nSPS) is 11.5. The molecule has 0 bridgehead atoms. The summed E-state index contributed by atoms with van der Waals surface area (Å²) < 4.78 is 29.9. The highest BCUT2D eigenvalue weighted by Crippen LogP contribution is 2.27. The van der Waals surface area contributed by atoms with Gasteiger partial charge in [0.25, 0.3) is 0 Å². The monoisotopic (exact) mass is 475 g/mol. The van der Waals surface area contributed by atoms with Gasteiger partial charge in [0, 0.05) is 17.8 Å². The summed E-state index contributed by atoms with van der Waals surface area (Å²) in [4.78, 5) is 12.4. The number of nitrogens with zero attached hydrogens (tertiary/aromatic N) is 3. The average molecular weight is 476 g/mol. The zero-order valence-electron chi connectivity index (χ0n) is 18.0. The van der Waals surface area contributed by atoms with Crippen LogP contribution in [0.3, 0.4) is 0 Å². The number of amides is 1. The second-order valence-electron chi connectivity index (χ2n) is 7.45. The molecule has 0 aliphatic rings. The lowest BCUT2D eigenvalue weighted by molar-refractivity contribution is -0.113. The number of sulfonamides is 1.